The number of nitrogen functional groups attached to an aromatic ring is 1. The molecule has 0 aliphatic carbocycles. The van der Waals surface area contributed by atoms with Crippen molar-refractivity contribution in [3.05, 3.63) is 16.8 Å². The summed E-state index contributed by atoms with van der Waals surface area (Å²) in [7, 11) is 0. The monoisotopic (exact) mass is 226 g/mol. The Bertz CT molecular complexity index is 355. The Labute approximate surface area is 94.4 Å². The zero-order valence-corrected chi connectivity index (χ0v) is 9.54. The predicted molar refractivity (Wildman–Crippen MR) is 60.9 cm³/mol. The van der Waals surface area contributed by atoms with Gasteiger partial charge in [-0.05, 0) is 25.6 Å². The summed E-state index contributed by atoms with van der Waals surface area (Å²) in [4.78, 5) is 2.40. The Morgan fingerprint density at radius 2 is 2.40 bits per heavy atom. The van der Waals surface area contributed by atoms with E-state index in [1.54, 1.807) is 0 Å². The SMILES string of the molecule is CCN1CCC(c2cc(Cl)c(N)nn2)C1. The molecule has 1 saturated heterocycles. The quantitative estimate of drug-likeness (QED) is 0.831. The Hall–Kier alpha value is -0.870. The molecule has 1 atom stereocenters. The van der Waals surface area contributed by atoms with Gasteiger partial charge in [-0.1, -0.05) is 18.5 Å². The van der Waals surface area contributed by atoms with Gasteiger partial charge in [-0.15, -0.1) is 5.10 Å². The van der Waals surface area contributed by atoms with Gasteiger partial charge in [0.1, 0.15) is 0 Å². The molecule has 0 radical (unpaired) electrons. The lowest BCUT2D eigenvalue weighted by Gasteiger charge is -2.12. The van der Waals surface area contributed by atoms with Crippen LogP contribution in [-0.2, 0) is 0 Å². The van der Waals surface area contributed by atoms with Crippen LogP contribution in [-0.4, -0.2) is 34.7 Å². The van der Waals surface area contributed by atoms with Gasteiger partial charge in [0.2, 0.25) is 0 Å². The van der Waals surface area contributed by atoms with Crippen molar-refractivity contribution < 1.29 is 0 Å². The number of anilines is 1. The molecule has 0 spiro atoms. The molecule has 0 bridgehead atoms. The summed E-state index contributed by atoms with van der Waals surface area (Å²) in [5.41, 5.74) is 6.49. The summed E-state index contributed by atoms with van der Waals surface area (Å²) < 4.78 is 0. The number of hydrogen-bond donors (Lipinski definition) is 1. The van der Waals surface area contributed by atoms with Crippen molar-refractivity contribution in [1.29, 1.82) is 0 Å². The molecule has 1 aromatic rings. The number of nitrogens with zero attached hydrogens (tertiary/aromatic N) is 3. The minimum Gasteiger partial charge on any atom is -0.381 e. The van der Waals surface area contributed by atoms with Crippen molar-refractivity contribution in [3.63, 3.8) is 0 Å². The number of rotatable bonds is 2. The van der Waals surface area contributed by atoms with Gasteiger partial charge in [0.05, 0.1) is 10.7 Å². The maximum absolute atomic E-state index is 5.92. The summed E-state index contributed by atoms with van der Waals surface area (Å²) in [6.07, 6.45) is 1.13. The highest BCUT2D eigenvalue weighted by Crippen LogP contribution is 2.27. The van der Waals surface area contributed by atoms with Crippen LogP contribution in [0.3, 0.4) is 0 Å². The fraction of sp³-hybridized carbons (Fsp3) is 0.600. The fourth-order valence-electron chi connectivity index (χ4n) is 1.95. The minimum atomic E-state index is 0.311. The van der Waals surface area contributed by atoms with Gasteiger partial charge in [-0.3, -0.25) is 0 Å². The van der Waals surface area contributed by atoms with Gasteiger partial charge in [-0.2, -0.15) is 5.10 Å². The van der Waals surface area contributed by atoms with E-state index in [1.807, 2.05) is 6.07 Å². The molecule has 5 heteroatoms. The van der Waals surface area contributed by atoms with Crippen LogP contribution in [0.25, 0.3) is 0 Å². The smallest absolute Gasteiger partial charge is 0.164 e. The molecule has 82 valence electrons. The molecule has 2 N–H and O–H groups in total. The number of likely N-dealkylation sites (N-methyl/N-ethyl adjacent to an activating group) is 1. The van der Waals surface area contributed by atoms with E-state index in [1.165, 1.54) is 0 Å². The number of halogens is 1. The highest BCUT2D eigenvalue weighted by Gasteiger charge is 2.24. The van der Waals surface area contributed by atoms with E-state index in [2.05, 4.69) is 22.0 Å². The van der Waals surface area contributed by atoms with Gasteiger partial charge >= 0.3 is 0 Å². The lowest BCUT2D eigenvalue weighted by atomic mass is 10.1. The highest BCUT2D eigenvalue weighted by molar-refractivity contribution is 6.32. The van der Waals surface area contributed by atoms with Gasteiger partial charge in [0.25, 0.3) is 0 Å². The fourth-order valence-corrected chi connectivity index (χ4v) is 2.10. The van der Waals surface area contributed by atoms with Gasteiger partial charge < -0.3 is 10.6 Å². The molecule has 0 aromatic carbocycles. The molecule has 15 heavy (non-hydrogen) atoms. The van der Waals surface area contributed by atoms with Crippen LogP contribution in [0.1, 0.15) is 25.0 Å². The molecule has 1 fully saturated rings. The standard InChI is InChI=1S/C10H15ClN4/c1-2-15-4-3-7(6-15)9-5-8(11)10(12)14-13-9/h5,7H,2-4,6H2,1H3,(H2,12,14). The second-order valence-electron chi connectivity index (χ2n) is 3.88. The summed E-state index contributed by atoms with van der Waals surface area (Å²) >= 11 is 5.92. The van der Waals surface area contributed by atoms with Crippen LogP contribution in [0.5, 0.6) is 0 Å². The first-order valence-electron chi connectivity index (χ1n) is 5.21. The molecule has 1 aliphatic heterocycles. The van der Waals surface area contributed by atoms with E-state index in [0.29, 0.717) is 16.8 Å². The topological polar surface area (TPSA) is 55.0 Å². The van der Waals surface area contributed by atoms with Gasteiger partial charge in [0.15, 0.2) is 5.82 Å². The maximum atomic E-state index is 5.92. The first-order chi connectivity index (χ1) is 7.20. The summed E-state index contributed by atoms with van der Waals surface area (Å²) in [5, 5.41) is 8.46. The molecule has 1 unspecified atom stereocenters. The van der Waals surface area contributed by atoms with Crippen LogP contribution in [0.15, 0.2) is 6.07 Å². The Balaban J connectivity index is 2.13. The number of aromatic nitrogens is 2. The lowest BCUT2D eigenvalue weighted by Crippen LogP contribution is -2.19. The molecule has 1 aliphatic rings. The Morgan fingerprint density at radius 1 is 1.60 bits per heavy atom. The van der Waals surface area contributed by atoms with Crippen molar-refractivity contribution >= 4 is 17.4 Å². The number of hydrogen-bond acceptors (Lipinski definition) is 4. The molecule has 0 saturated carbocycles. The number of nitrogens with two attached hydrogens (primary N) is 1. The second kappa shape index (κ2) is 4.33. The average molecular weight is 227 g/mol. The normalized spacial score (nSPS) is 22.1. The molecule has 4 nitrogen and oxygen atoms in total. The third-order valence-electron chi connectivity index (χ3n) is 2.93. The molecular weight excluding hydrogens is 212 g/mol. The summed E-state index contributed by atoms with van der Waals surface area (Å²) in [6.45, 7) is 5.44. The molecule has 0 amide bonds. The largest absolute Gasteiger partial charge is 0.381 e. The molecule has 2 rings (SSSR count). The van der Waals surface area contributed by atoms with Gasteiger partial charge in [0, 0.05) is 12.5 Å². The third kappa shape index (κ3) is 2.21. The van der Waals surface area contributed by atoms with Crippen LogP contribution >= 0.6 is 11.6 Å². The Morgan fingerprint density at radius 3 is 3.00 bits per heavy atom. The van der Waals surface area contributed by atoms with E-state index in [-0.39, 0.29) is 0 Å². The number of likely N-dealkylation sites (tertiary alicyclic amines) is 1. The molecule has 1 aromatic heterocycles. The van der Waals surface area contributed by atoms with Gasteiger partial charge in [-0.25, -0.2) is 0 Å². The van der Waals surface area contributed by atoms with E-state index < -0.39 is 0 Å². The van der Waals surface area contributed by atoms with Crippen molar-refractivity contribution in [2.45, 2.75) is 19.3 Å². The second-order valence-corrected chi connectivity index (χ2v) is 4.29. The zero-order valence-electron chi connectivity index (χ0n) is 8.78. The van der Waals surface area contributed by atoms with E-state index >= 15 is 0 Å². The van der Waals surface area contributed by atoms with Crippen LogP contribution in [0, 0.1) is 0 Å². The molecular formula is C10H15ClN4. The maximum Gasteiger partial charge on any atom is 0.164 e. The van der Waals surface area contributed by atoms with Crippen molar-refractivity contribution in [2.24, 2.45) is 0 Å². The average Bonchev–Trinajstić information content (AvgIpc) is 2.70. The first kappa shape index (κ1) is 10.6. The minimum absolute atomic E-state index is 0.311. The van der Waals surface area contributed by atoms with Crippen LogP contribution < -0.4 is 5.73 Å². The third-order valence-corrected chi connectivity index (χ3v) is 3.23. The predicted octanol–water partition coefficient (Wildman–Crippen LogP) is 1.52. The Kier molecular flexibility index (Phi) is 3.07. The molecule has 2 heterocycles. The van der Waals surface area contributed by atoms with Crippen LogP contribution in [0.4, 0.5) is 5.82 Å². The first-order valence-corrected chi connectivity index (χ1v) is 5.59. The highest BCUT2D eigenvalue weighted by atomic mass is 35.5. The summed E-state index contributed by atoms with van der Waals surface area (Å²) in [6, 6.07) is 1.84. The van der Waals surface area contributed by atoms with Crippen LogP contribution in [0.2, 0.25) is 5.02 Å². The van der Waals surface area contributed by atoms with Crippen molar-refractivity contribution in [3.8, 4) is 0 Å². The van der Waals surface area contributed by atoms with Crippen molar-refractivity contribution in [2.75, 3.05) is 25.4 Å². The lowest BCUT2D eigenvalue weighted by molar-refractivity contribution is 0.353. The van der Waals surface area contributed by atoms with E-state index in [0.717, 1.165) is 31.7 Å². The van der Waals surface area contributed by atoms with E-state index in [4.69, 9.17) is 17.3 Å². The van der Waals surface area contributed by atoms with Crippen molar-refractivity contribution in [1.82, 2.24) is 15.1 Å². The van der Waals surface area contributed by atoms with E-state index in [9.17, 15) is 0 Å². The summed E-state index contributed by atoms with van der Waals surface area (Å²) in [5.74, 6) is 0.765. The zero-order chi connectivity index (χ0) is 10.8.